The molecule has 0 spiro atoms. The summed E-state index contributed by atoms with van der Waals surface area (Å²) >= 11 is 0. The molecule has 0 fully saturated rings. The Morgan fingerprint density at radius 3 is 2.58 bits per heavy atom. The normalized spacial score (nSPS) is 19.9. The van der Waals surface area contributed by atoms with Crippen molar-refractivity contribution >= 4 is 12.1 Å². The third-order valence-corrected chi connectivity index (χ3v) is 2.83. The maximum absolute atomic E-state index is 11.7. The molecule has 0 radical (unpaired) electrons. The van der Waals surface area contributed by atoms with Gasteiger partial charge in [-0.2, -0.15) is 0 Å². The first kappa shape index (κ1) is 15.5. The Kier molecular flexibility index (Phi) is 5.39. The van der Waals surface area contributed by atoms with Crippen molar-refractivity contribution in [3.8, 4) is 0 Å². The van der Waals surface area contributed by atoms with Gasteiger partial charge in [0.25, 0.3) is 0 Å². The molecule has 0 aromatic rings. The van der Waals surface area contributed by atoms with Crippen molar-refractivity contribution in [2.45, 2.75) is 51.7 Å². The number of carbonyl (C=O) groups is 2. The van der Waals surface area contributed by atoms with Gasteiger partial charge in [0, 0.05) is 0 Å². The number of ether oxygens (including phenoxy) is 2. The minimum absolute atomic E-state index is 0.305. The number of methoxy groups -OCH3 is 1. The first-order chi connectivity index (χ1) is 8.81. The average Bonchev–Trinajstić information content (AvgIpc) is 2.77. The molecule has 1 aliphatic carbocycles. The predicted octanol–water partition coefficient (Wildman–Crippen LogP) is 2.41. The van der Waals surface area contributed by atoms with E-state index in [1.807, 2.05) is 0 Å². The minimum Gasteiger partial charge on any atom is -0.467 e. The lowest BCUT2D eigenvalue weighted by molar-refractivity contribution is -0.143. The Hall–Kier alpha value is -1.52. The predicted molar refractivity (Wildman–Crippen MR) is 71.7 cm³/mol. The SMILES string of the molecule is COC(=O)[C@H](CC1C=CCC1)NC(=O)OC(C)(C)C. The van der Waals surface area contributed by atoms with Gasteiger partial charge in [-0.15, -0.1) is 0 Å². The highest BCUT2D eigenvalue weighted by Crippen LogP contribution is 2.22. The van der Waals surface area contributed by atoms with Gasteiger partial charge in [0.15, 0.2) is 0 Å². The Balaban J connectivity index is 2.56. The largest absolute Gasteiger partial charge is 0.467 e. The summed E-state index contributed by atoms with van der Waals surface area (Å²) in [6.07, 6.45) is 6.14. The molecule has 19 heavy (non-hydrogen) atoms. The second-order valence-corrected chi connectivity index (χ2v) is 5.72. The second kappa shape index (κ2) is 6.59. The number of hydrogen-bond acceptors (Lipinski definition) is 4. The Morgan fingerprint density at radius 2 is 2.11 bits per heavy atom. The fourth-order valence-corrected chi connectivity index (χ4v) is 2.00. The van der Waals surface area contributed by atoms with Crippen molar-refractivity contribution in [3.63, 3.8) is 0 Å². The molecule has 2 atom stereocenters. The molecule has 5 nitrogen and oxygen atoms in total. The lowest BCUT2D eigenvalue weighted by Gasteiger charge is -2.23. The molecule has 1 N–H and O–H groups in total. The molecule has 5 heteroatoms. The highest BCUT2D eigenvalue weighted by Gasteiger charge is 2.27. The molecule has 0 aliphatic heterocycles. The number of amides is 1. The molecule has 1 rings (SSSR count). The van der Waals surface area contributed by atoms with Crippen LogP contribution in [-0.2, 0) is 14.3 Å². The van der Waals surface area contributed by atoms with Crippen LogP contribution in [0.2, 0.25) is 0 Å². The number of carbonyl (C=O) groups excluding carboxylic acids is 2. The van der Waals surface area contributed by atoms with E-state index in [0.29, 0.717) is 12.3 Å². The fraction of sp³-hybridized carbons (Fsp3) is 0.714. The van der Waals surface area contributed by atoms with Crippen molar-refractivity contribution in [2.75, 3.05) is 7.11 Å². The third kappa shape index (κ3) is 5.77. The number of alkyl carbamates (subject to hydrolysis) is 1. The van der Waals surface area contributed by atoms with Gasteiger partial charge < -0.3 is 14.8 Å². The molecule has 0 aromatic heterocycles. The molecule has 0 bridgehead atoms. The second-order valence-electron chi connectivity index (χ2n) is 5.72. The summed E-state index contributed by atoms with van der Waals surface area (Å²) < 4.78 is 9.87. The van der Waals surface area contributed by atoms with E-state index in [2.05, 4.69) is 17.5 Å². The van der Waals surface area contributed by atoms with Crippen LogP contribution in [0.5, 0.6) is 0 Å². The number of nitrogens with one attached hydrogen (secondary N) is 1. The van der Waals surface area contributed by atoms with Crippen molar-refractivity contribution in [1.29, 1.82) is 0 Å². The fourth-order valence-electron chi connectivity index (χ4n) is 2.00. The lowest BCUT2D eigenvalue weighted by atomic mass is 9.99. The van der Waals surface area contributed by atoms with E-state index >= 15 is 0 Å². The zero-order valence-electron chi connectivity index (χ0n) is 12.1. The first-order valence-corrected chi connectivity index (χ1v) is 6.56. The smallest absolute Gasteiger partial charge is 0.408 e. The number of allylic oxidation sites excluding steroid dienone is 2. The van der Waals surface area contributed by atoms with Crippen LogP contribution in [0.4, 0.5) is 4.79 Å². The van der Waals surface area contributed by atoms with Gasteiger partial charge in [-0.25, -0.2) is 9.59 Å². The van der Waals surface area contributed by atoms with Gasteiger partial charge in [0.1, 0.15) is 11.6 Å². The van der Waals surface area contributed by atoms with Crippen LogP contribution in [0.15, 0.2) is 12.2 Å². The van der Waals surface area contributed by atoms with E-state index in [1.165, 1.54) is 7.11 Å². The van der Waals surface area contributed by atoms with E-state index in [4.69, 9.17) is 9.47 Å². The van der Waals surface area contributed by atoms with Gasteiger partial charge in [-0.05, 0) is 46.0 Å². The van der Waals surface area contributed by atoms with Crippen LogP contribution >= 0.6 is 0 Å². The minimum atomic E-state index is -0.660. The van der Waals surface area contributed by atoms with Crippen LogP contribution in [0, 0.1) is 5.92 Å². The molecule has 0 saturated heterocycles. The molecular weight excluding hydrogens is 246 g/mol. The van der Waals surface area contributed by atoms with Gasteiger partial charge in [0.05, 0.1) is 7.11 Å². The Morgan fingerprint density at radius 1 is 1.42 bits per heavy atom. The van der Waals surface area contributed by atoms with E-state index in [1.54, 1.807) is 20.8 Å². The molecule has 0 saturated carbocycles. The van der Waals surface area contributed by atoms with E-state index < -0.39 is 23.7 Å². The summed E-state index contributed by atoms with van der Waals surface area (Å²) in [7, 11) is 1.32. The summed E-state index contributed by atoms with van der Waals surface area (Å²) in [4.78, 5) is 23.4. The summed E-state index contributed by atoms with van der Waals surface area (Å²) in [5, 5.41) is 2.58. The van der Waals surface area contributed by atoms with Crippen LogP contribution in [0.1, 0.15) is 40.0 Å². The monoisotopic (exact) mass is 269 g/mol. The number of rotatable bonds is 4. The Labute approximate surface area is 114 Å². The number of hydrogen-bond donors (Lipinski definition) is 1. The van der Waals surface area contributed by atoms with Crippen LogP contribution in [0.25, 0.3) is 0 Å². The Bertz CT molecular complexity index is 357. The van der Waals surface area contributed by atoms with Crippen LogP contribution in [-0.4, -0.2) is 30.8 Å². The zero-order valence-corrected chi connectivity index (χ0v) is 12.1. The topological polar surface area (TPSA) is 64.6 Å². The average molecular weight is 269 g/mol. The van der Waals surface area contributed by atoms with Gasteiger partial charge in [-0.1, -0.05) is 12.2 Å². The van der Waals surface area contributed by atoms with E-state index in [9.17, 15) is 9.59 Å². The first-order valence-electron chi connectivity index (χ1n) is 6.56. The highest BCUT2D eigenvalue weighted by molar-refractivity contribution is 5.81. The molecule has 1 aliphatic rings. The van der Waals surface area contributed by atoms with E-state index in [-0.39, 0.29) is 0 Å². The third-order valence-electron chi connectivity index (χ3n) is 2.83. The maximum Gasteiger partial charge on any atom is 0.408 e. The summed E-state index contributed by atoms with van der Waals surface area (Å²) in [5.41, 5.74) is -0.585. The molecule has 108 valence electrons. The van der Waals surface area contributed by atoms with E-state index in [0.717, 1.165) is 12.8 Å². The van der Waals surface area contributed by atoms with Crippen molar-refractivity contribution in [3.05, 3.63) is 12.2 Å². The van der Waals surface area contributed by atoms with Crippen LogP contribution < -0.4 is 5.32 Å². The van der Waals surface area contributed by atoms with Gasteiger partial charge in [-0.3, -0.25) is 0 Å². The van der Waals surface area contributed by atoms with Crippen molar-refractivity contribution in [1.82, 2.24) is 5.32 Å². The lowest BCUT2D eigenvalue weighted by Crippen LogP contribution is -2.44. The summed E-state index contributed by atoms with van der Waals surface area (Å²) in [6.45, 7) is 5.33. The maximum atomic E-state index is 11.7. The summed E-state index contributed by atoms with van der Waals surface area (Å²) in [5.74, 6) is -0.134. The summed E-state index contributed by atoms with van der Waals surface area (Å²) in [6, 6.07) is -0.660. The molecular formula is C14H23NO4. The zero-order chi connectivity index (χ0) is 14.5. The van der Waals surface area contributed by atoms with Crippen molar-refractivity contribution < 1.29 is 19.1 Å². The standard InChI is InChI=1S/C14H23NO4/c1-14(2,3)19-13(17)15-11(12(16)18-4)9-10-7-5-6-8-10/h5,7,10-11H,6,8-9H2,1-4H3,(H,15,17)/t10?,11-/m0/s1. The van der Waals surface area contributed by atoms with Crippen LogP contribution in [0.3, 0.4) is 0 Å². The molecule has 1 unspecified atom stereocenters. The van der Waals surface area contributed by atoms with Crippen molar-refractivity contribution in [2.24, 2.45) is 5.92 Å². The molecule has 0 aromatic carbocycles. The van der Waals surface area contributed by atoms with Gasteiger partial charge in [0.2, 0.25) is 0 Å². The quantitative estimate of drug-likeness (QED) is 0.628. The molecule has 0 heterocycles. The number of esters is 1. The molecule has 1 amide bonds. The highest BCUT2D eigenvalue weighted by atomic mass is 16.6. The van der Waals surface area contributed by atoms with Gasteiger partial charge >= 0.3 is 12.1 Å².